The molecule has 0 atom stereocenters. The van der Waals surface area contributed by atoms with Gasteiger partial charge in [0.05, 0.1) is 13.3 Å². The average molecular weight is 392 g/mol. The Labute approximate surface area is 162 Å². The third kappa shape index (κ3) is 5.18. The number of hydrogen-bond donors (Lipinski definition) is 0. The number of carbonyl (C=O) groups excluding carboxylic acids is 1. The van der Waals surface area contributed by atoms with Gasteiger partial charge in [-0.05, 0) is 38.1 Å². The number of Topliss-reactive ketones (excluding diaryl/α,β-unsaturated/α-hetero) is 1. The van der Waals surface area contributed by atoms with Crippen LogP contribution in [0.2, 0.25) is 0 Å². The van der Waals surface area contributed by atoms with Crippen LogP contribution in [0.4, 0.5) is 8.78 Å². The maximum atomic E-state index is 12.3. The van der Waals surface area contributed by atoms with Crippen molar-refractivity contribution in [2.45, 2.75) is 27.0 Å². The minimum atomic E-state index is -2.95. The van der Waals surface area contributed by atoms with Crippen LogP contribution in [-0.2, 0) is 11.4 Å². The van der Waals surface area contributed by atoms with Crippen LogP contribution in [0, 0.1) is 13.8 Å². The molecule has 0 unspecified atom stereocenters. The highest BCUT2D eigenvalue weighted by Crippen LogP contribution is 2.28. The van der Waals surface area contributed by atoms with Crippen molar-refractivity contribution >= 4 is 12.0 Å². The van der Waals surface area contributed by atoms with E-state index in [2.05, 4.69) is 16.5 Å². The predicted octanol–water partition coefficient (Wildman–Crippen LogP) is 4.13. The fourth-order valence-electron chi connectivity index (χ4n) is 2.72. The SMILES string of the molecule is C=CCn1c(C)cc(C(=O)CON=Cc2ccc(OC(F)F)c(OC)c2)c1C. The molecule has 8 heteroatoms. The maximum Gasteiger partial charge on any atom is 0.387 e. The predicted molar refractivity (Wildman–Crippen MR) is 102 cm³/mol. The van der Waals surface area contributed by atoms with E-state index in [0.29, 0.717) is 17.7 Å². The largest absolute Gasteiger partial charge is 0.493 e. The second-order valence-corrected chi connectivity index (χ2v) is 5.90. The summed E-state index contributed by atoms with van der Waals surface area (Å²) in [6.07, 6.45) is 3.11. The molecule has 0 N–H and O–H groups in total. The van der Waals surface area contributed by atoms with Crippen LogP contribution in [0.15, 0.2) is 42.1 Å². The molecule has 0 radical (unpaired) electrons. The number of alkyl halides is 2. The van der Waals surface area contributed by atoms with E-state index in [1.807, 2.05) is 18.4 Å². The number of benzene rings is 1. The molecule has 0 fully saturated rings. The van der Waals surface area contributed by atoms with Gasteiger partial charge < -0.3 is 18.9 Å². The first kappa shape index (κ1) is 21.1. The van der Waals surface area contributed by atoms with E-state index in [1.54, 1.807) is 12.1 Å². The number of oxime groups is 1. The lowest BCUT2D eigenvalue weighted by Crippen LogP contribution is -2.09. The smallest absolute Gasteiger partial charge is 0.387 e. The third-order valence-corrected chi connectivity index (χ3v) is 4.06. The van der Waals surface area contributed by atoms with Gasteiger partial charge in [-0.25, -0.2) is 0 Å². The summed E-state index contributed by atoms with van der Waals surface area (Å²) in [6.45, 7) is 4.94. The topological polar surface area (TPSA) is 62.1 Å². The molecular weight excluding hydrogens is 370 g/mol. The van der Waals surface area contributed by atoms with Crippen molar-refractivity contribution in [1.82, 2.24) is 4.57 Å². The summed E-state index contributed by atoms with van der Waals surface area (Å²) < 4.78 is 36.0. The Morgan fingerprint density at radius 2 is 2.04 bits per heavy atom. The first-order valence-corrected chi connectivity index (χ1v) is 8.46. The fourth-order valence-corrected chi connectivity index (χ4v) is 2.72. The highest BCUT2D eigenvalue weighted by molar-refractivity contribution is 5.98. The zero-order valence-electron chi connectivity index (χ0n) is 15.9. The molecule has 0 spiro atoms. The van der Waals surface area contributed by atoms with Crippen LogP contribution >= 0.6 is 0 Å². The zero-order valence-corrected chi connectivity index (χ0v) is 15.9. The molecule has 0 aliphatic carbocycles. The van der Waals surface area contributed by atoms with Gasteiger partial charge in [0.25, 0.3) is 0 Å². The van der Waals surface area contributed by atoms with Gasteiger partial charge in [0.15, 0.2) is 18.1 Å². The molecule has 1 aromatic carbocycles. The van der Waals surface area contributed by atoms with Crippen molar-refractivity contribution < 1.29 is 27.9 Å². The molecule has 150 valence electrons. The number of nitrogens with zero attached hydrogens (tertiary/aromatic N) is 2. The summed E-state index contributed by atoms with van der Waals surface area (Å²) in [7, 11) is 1.34. The van der Waals surface area contributed by atoms with Crippen LogP contribution in [0.3, 0.4) is 0 Å². The number of hydrogen-bond acceptors (Lipinski definition) is 5. The maximum absolute atomic E-state index is 12.3. The van der Waals surface area contributed by atoms with E-state index in [0.717, 1.165) is 11.4 Å². The Morgan fingerprint density at radius 1 is 1.29 bits per heavy atom. The van der Waals surface area contributed by atoms with Crippen LogP contribution in [0.25, 0.3) is 0 Å². The minimum Gasteiger partial charge on any atom is -0.493 e. The summed E-state index contributed by atoms with van der Waals surface area (Å²) in [5.74, 6) is -0.144. The van der Waals surface area contributed by atoms with Crippen molar-refractivity contribution in [1.29, 1.82) is 0 Å². The molecule has 2 aromatic rings. The Morgan fingerprint density at radius 3 is 2.68 bits per heavy atom. The van der Waals surface area contributed by atoms with Gasteiger partial charge >= 0.3 is 6.61 Å². The first-order valence-electron chi connectivity index (χ1n) is 8.46. The van der Waals surface area contributed by atoms with Crippen molar-refractivity contribution in [3.05, 3.63) is 59.4 Å². The van der Waals surface area contributed by atoms with E-state index in [4.69, 9.17) is 9.57 Å². The van der Waals surface area contributed by atoms with Gasteiger partial charge in [-0.15, -0.1) is 6.58 Å². The van der Waals surface area contributed by atoms with Crippen LogP contribution in [0.1, 0.15) is 27.3 Å². The van der Waals surface area contributed by atoms with Gasteiger partial charge in [-0.3, -0.25) is 4.79 Å². The van der Waals surface area contributed by atoms with E-state index in [-0.39, 0.29) is 23.9 Å². The summed E-state index contributed by atoms with van der Waals surface area (Å²) in [5, 5.41) is 3.76. The molecule has 0 bridgehead atoms. The number of methoxy groups -OCH3 is 1. The molecule has 28 heavy (non-hydrogen) atoms. The van der Waals surface area contributed by atoms with Crippen LogP contribution in [0.5, 0.6) is 11.5 Å². The van der Waals surface area contributed by atoms with E-state index in [9.17, 15) is 13.6 Å². The standard InChI is InChI=1S/C20H22F2N2O4/c1-5-8-24-13(2)9-16(14(24)3)17(25)12-27-23-11-15-6-7-18(28-20(21)22)19(10-15)26-4/h5-7,9-11,20H,1,8,12H2,2-4H3. The van der Waals surface area contributed by atoms with E-state index in [1.165, 1.54) is 31.5 Å². The first-order chi connectivity index (χ1) is 13.4. The molecule has 0 aliphatic rings. The van der Waals surface area contributed by atoms with Gasteiger partial charge in [-0.1, -0.05) is 11.2 Å². The number of allylic oxidation sites excluding steroid dienone is 1. The molecule has 1 aromatic heterocycles. The number of ether oxygens (including phenoxy) is 2. The number of carbonyl (C=O) groups is 1. The third-order valence-electron chi connectivity index (χ3n) is 4.06. The lowest BCUT2D eigenvalue weighted by atomic mass is 10.2. The van der Waals surface area contributed by atoms with Gasteiger partial charge in [0, 0.05) is 29.1 Å². The van der Waals surface area contributed by atoms with E-state index < -0.39 is 6.61 Å². The summed E-state index contributed by atoms with van der Waals surface area (Å²) in [6, 6.07) is 6.12. The molecule has 0 amide bonds. The van der Waals surface area contributed by atoms with Gasteiger partial charge in [-0.2, -0.15) is 8.78 Å². The zero-order chi connectivity index (χ0) is 20.7. The van der Waals surface area contributed by atoms with Crippen LogP contribution in [-0.4, -0.2) is 36.9 Å². The Hall–Kier alpha value is -3.16. The van der Waals surface area contributed by atoms with Crippen molar-refractivity contribution in [3.63, 3.8) is 0 Å². The lowest BCUT2D eigenvalue weighted by molar-refractivity contribution is -0.0512. The van der Waals surface area contributed by atoms with Gasteiger partial charge in [0.1, 0.15) is 0 Å². The summed E-state index contributed by atoms with van der Waals surface area (Å²) >= 11 is 0. The van der Waals surface area contributed by atoms with Crippen molar-refractivity contribution in [2.24, 2.45) is 5.16 Å². The monoisotopic (exact) mass is 392 g/mol. The normalized spacial score (nSPS) is 11.1. The minimum absolute atomic E-state index is 0.0828. The number of rotatable bonds is 10. The van der Waals surface area contributed by atoms with Crippen molar-refractivity contribution in [2.75, 3.05) is 13.7 Å². The highest BCUT2D eigenvalue weighted by atomic mass is 19.3. The Balaban J connectivity index is 1.99. The second-order valence-electron chi connectivity index (χ2n) is 5.90. The quantitative estimate of drug-likeness (QED) is 0.264. The molecule has 1 heterocycles. The summed E-state index contributed by atoms with van der Waals surface area (Å²) in [5.41, 5.74) is 2.91. The molecule has 2 rings (SSSR count). The molecule has 0 aliphatic heterocycles. The Bertz CT molecular complexity index is 875. The number of ketones is 1. The van der Waals surface area contributed by atoms with E-state index >= 15 is 0 Å². The molecule has 0 saturated heterocycles. The summed E-state index contributed by atoms with van der Waals surface area (Å²) in [4.78, 5) is 17.4. The molecule has 0 saturated carbocycles. The van der Waals surface area contributed by atoms with Crippen molar-refractivity contribution in [3.8, 4) is 11.5 Å². The molecular formula is C20H22F2N2O4. The number of aryl methyl sites for hydroxylation is 1. The number of aromatic nitrogens is 1. The van der Waals surface area contributed by atoms with Gasteiger partial charge in [0.2, 0.25) is 5.78 Å². The fraction of sp³-hybridized carbons (Fsp3) is 0.300. The highest BCUT2D eigenvalue weighted by Gasteiger charge is 2.15. The van der Waals surface area contributed by atoms with Crippen LogP contribution < -0.4 is 9.47 Å². The second kappa shape index (κ2) is 9.68. The number of halogens is 2. The molecule has 6 nitrogen and oxygen atoms in total. The lowest BCUT2D eigenvalue weighted by Gasteiger charge is -2.09. The Kier molecular flexibility index (Phi) is 7.31. The average Bonchev–Trinajstić information content (AvgIpc) is 2.94.